The molecule has 0 heterocycles. The maximum absolute atomic E-state index is 12.4. The smallest absolute Gasteiger partial charge is 0.303 e. The Balaban J connectivity index is 4.67. The Morgan fingerprint density at radius 3 is 1.59 bits per heavy atom. The fourth-order valence-corrected chi connectivity index (χ4v) is 2.78. The molecule has 9 N–H and O–H groups in total. The Morgan fingerprint density at radius 1 is 0.735 bits per heavy atom. The summed E-state index contributed by atoms with van der Waals surface area (Å²) in [6, 6.07) is -4.81. The number of Topliss-reactive ketones (excluding diaryl/α,β-unsaturated/α-hetero) is 1. The fraction of sp³-hybridized carbons (Fsp3) is 0.714. The highest BCUT2D eigenvalue weighted by Gasteiger charge is 2.26. The van der Waals surface area contributed by atoms with E-state index in [1.807, 2.05) is 0 Å². The Hall–Kier alpha value is -3.06. The number of carbonyl (C=O) groups excluding carboxylic acids is 5. The number of nitrogens with two attached hydrogens (primary N) is 2. The molecule has 0 aliphatic rings. The highest BCUT2D eigenvalue weighted by molar-refractivity contribution is 5.95. The van der Waals surface area contributed by atoms with Crippen molar-refractivity contribution in [1.29, 1.82) is 0 Å². The monoisotopic (exact) mass is 486 g/mol. The first-order valence-corrected chi connectivity index (χ1v) is 11.2. The maximum atomic E-state index is 12.4. The Kier molecular flexibility index (Phi) is 14.3. The summed E-state index contributed by atoms with van der Waals surface area (Å²) in [6.45, 7) is 5.94. The van der Waals surface area contributed by atoms with E-state index < -0.39 is 65.6 Å². The molecule has 0 radical (unpaired) electrons. The summed E-state index contributed by atoms with van der Waals surface area (Å²) >= 11 is 0. The minimum Gasteiger partial charge on any atom is -0.481 e. The number of carboxylic acids is 1. The number of nitrogens with one attached hydrogen (secondary N) is 4. The van der Waals surface area contributed by atoms with Gasteiger partial charge in [0.25, 0.3) is 0 Å². The molecule has 0 aromatic rings. The van der Waals surface area contributed by atoms with Crippen molar-refractivity contribution in [2.24, 2.45) is 11.5 Å². The van der Waals surface area contributed by atoms with Gasteiger partial charge < -0.3 is 37.8 Å². The lowest BCUT2D eigenvalue weighted by atomic mass is 10.1. The van der Waals surface area contributed by atoms with E-state index in [0.29, 0.717) is 19.4 Å². The second-order valence-corrected chi connectivity index (χ2v) is 8.19. The minimum atomic E-state index is -1.11. The van der Waals surface area contributed by atoms with Crippen LogP contribution in [0, 0.1) is 0 Å². The van der Waals surface area contributed by atoms with Gasteiger partial charge in [-0.2, -0.15) is 0 Å². The van der Waals surface area contributed by atoms with E-state index in [9.17, 15) is 28.8 Å². The molecule has 5 atom stereocenters. The van der Waals surface area contributed by atoms with Crippen LogP contribution < -0.4 is 32.7 Å². The summed E-state index contributed by atoms with van der Waals surface area (Å²) in [4.78, 5) is 71.4. The van der Waals surface area contributed by atoms with Gasteiger partial charge in [-0.1, -0.05) is 6.42 Å². The van der Waals surface area contributed by atoms with Crippen LogP contribution in [0.3, 0.4) is 0 Å². The molecule has 0 saturated heterocycles. The predicted octanol–water partition coefficient (Wildman–Crippen LogP) is -2.10. The molecule has 0 aromatic heterocycles. The molecule has 0 aliphatic heterocycles. The summed E-state index contributed by atoms with van der Waals surface area (Å²) in [5.41, 5.74) is 11.2. The van der Waals surface area contributed by atoms with E-state index in [-0.39, 0.29) is 12.8 Å². The number of rotatable bonds is 16. The zero-order valence-corrected chi connectivity index (χ0v) is 20.2. The van der Waals surface area contributed by atoms with Gasteiger partial charge in [0.05, 0.1) is 12.1 Å². The number of aliphatic carboxylic acids is 1. The number of hydrogen-bond acceptors (Lipinski definition) is 8. The second kappa shape index (κ2) is 15.7. The van der Waals surface area contributed by atoms with Crippen molar-refractivity contribution in [1.82, 2.24) is 21.3 Å². The maximum Gasteiger partial charge on any atom is 0.303 e. The fourth-order valence-electron chi connectivity index (χ4n) is 2.78. The molecular weight excluding hydrogens is 448 g/mol. The lowest BCUT2D eigenvalue weighted by molar-refractivity contribution is -0.138. The largest absolute Gasteiger partial charge is 0.481 e. The average Bonchev–Trinajstić information content (AvgIpc) is 2.75. The van der Waals surface area contributed by atoms with E-state index in [2.05, 4.69) is 21.3 Å². The first-order chi connectivity index (χ1) is 15.8. The van der Waals surface area contributed by atoms with Crippen LogP contribution in [0.15, 0.2) is 0 Å². The molecule has 0 aromatic carbocycles. The topological polar surface area (TPSA) is 223 Å². The molecule has 13 nitrogen and oxygen atoms in total. The molecule has 0 spiro atoms. The molecule has 34 heavy (non-hydrogen) atoms. The van der Waals surface area contributed by atoms with E-state index in [0.717, 1.165) is 6.42 Å². The lowest BCUT2D eigenvalue weighted by Crippen LogP contribution is -2.56. The molecule has 13 heteroatoms. The molecule has 0 bridgehead atoms. The van der Waals surface area contributed by atoms with Crippen molar-refractivity contribution < 1.29 is 33.9 Å². The van der Waals surface area contributed by atoms with Crippen molar-refractivity contribution in [3.05, 3.63) is 0 Å². The zero-order chi connectivity index (χ0) is 26.4. The normalized spacial score (nSPS) is 15.1. The first kappa shape index (κ1) is 30.9. The van der Waals surface area contributed by atoms with Crippen LogP contribution in [-0.2, 0) is 28.8 Å². The average molecular weight is 487 g/mol. The summed E-state index contributed by atoms with van der Waals surface area (Å²) in [5.74, 6) is -3.98. The van der Waals surface area contributed by atoms with Crippen molar-refractivity contribution >= 4 is 35.4 Å². The van der Waals surface area contributed by atoms with E-state index >= 15 is 0 Å². The molecule has 0 aliphatic carbocycles. The Morgan fingerprint density at radius 2 is 1.18 bits per heavy atom. The van der Waals surface area contributed by atoms with Crippen LogP contribution in [0.2, 0.25) is 0 Å². The predicted molar refractivity (Wildman–Crippen MR) is 123 cm³/mol. The van der Waals surface area contributed by atoms with Gasteiger partial charge in [0.1, 0.15) is 18.1 Å². The Bertz CT molecular complexity index is 745. The van der Waals surface area contributed by atoms with Gasteiger partial charge in [0.15, 0.2) is 5.78 Å². The van der Waals surface area contributed by atoms with E-state index in [1.54, 1.807) is 0 Å². The minimum absolute atomic E-state index is 0.0795. The summed E-state index contributed by atoms with van der Waals surface area (Å²) < 4.78 is 0. The van der Waals surface area contributed by atoms with Gasteiger partial charge >= 0.3 is 5.97 Å². The van der Waals surface area contributed by atoms with Crippen LogP contribution in [0.4, 0.5) is 0 Å². The number of ketones is 1. The third-order valence-corrected chi connectivity index (χ3v) is 5.02. The highest BCUT2D eigenvalue weighted by Crippen LogP contribution is 2.01. The molecule has 0 saturated carbocycles. The van der Waals surface area contributed by atoms with Gasteiger partial charge in [-0.15, -0.1) is 0 Å². The van der Waals surface area contributed by atoms with Crippen molar-refractivity contribution in [3.8, 4) is 0 Å². The number of carboxylic acid groups (broad SMARTS) is 1. The van der Waals surface area contributed by atoms with Crippen LogP contribution in [0.25, 0.3) is 0 Å². The van der Waals surface area contributed by atoms with E-state index in [1.165, 1.54) is 27.7 Å². The second-order valence-electron chi connectivity index (χ2n) is 8.19. The molecule has 0 fully saturated rings. The van der Waals surface area contributed by atoms with Gasteiger partial charge in [-0.05, 0) is 53.5 Å². The quantitative estimate of drug-likeness (QED) is 0.118. The summed E-state index contributed by atoms with van der Waals surface area (Å²) in [5, 5.41) is 18.5. The van der Waals surface area contributed by atoms with Crippen LogP contribution >= 0.6 is 0 Å². The number of carbonyl (C=O) groups is 6. The summed E-state index contributed by atoms with van der Waals surface area (Å²) in [7, 11) is 0. The number of hydrogen-bond donors (Lipinski definition) is 7. The van der Waals surface area contributed by atoms with Crippen LogP contribution in [0.1, 0.15) is 59.8 Å². The van der Waals surface area contributed by atoms with Crippen molar-refractivity contribution in [2.45, 2.75) is 90.0 Å². The standard InChI is InChI=1S/C21H38N6O7/c1-11(24-19(32)12(2)26-21(34)15(23)7-5-6-10-22)18(31)25-13(3)20(33)27-16(14(4)28)8-9-17(29)30/h11-13,15-16H,5-10,22-23H2,1-4H3,(H,24,32)(H,25,31)(H,26,34)(H,27,33)(H,29,30). The van der Waals surface area contributed by atoms with Crippen LogP contribution in [0.5, 0.6) is 0 Å². The zero-order valence-electron chi connectivity index (χ0n) is 20.2. The van der Waals surface area contributed by atoms with Crippen molar-refractivity contribution in [3.63, 3.8) is 0 Å². The number of amides is 4. The third-order valence-electron chi connectivity index (χ3n) is 5.02. The van der Waals surface area contributed by atoms with Gasteiger partial charge in [0, 0.05) is 6.42 Å². The third kappa shape index (κ3) is 12.3. The SMILES string of the molecule is CC(=O)C(CCC(=O)O)NC(=O)C(C)NC(=O)C(C)NC(=O)C(C)NC(=O)C(N)CCCCN. The molecule has 5 unspecified atom stereocenters. The van der Waals surface area contributed by atoms with Gasteiger partial charge in [-0.3, -0.25) is 28.8 Å². The lowest BCUT2D eigenvalue weighted by Gasteiger charge is -2.22. The molecule has 0 rings (SSSR count). The van der Waals surface area contributed by atoms with Gasteiger partial charge in [0.2, 0.25) is 23.6 Å². The first-order valence-electron chi connectivity index (χ1n) is 11.2. The molecule has 194 valence electrons. The highest BCUT2D eigenvalue weighted by atomic mass is 16.4. The van der Waals surface area contributed by atoms with Gasteiger partial charge in [-0.25, -0.2) is 0 Å². The summed E-state index contributed by atoms with van der Waals surface area (Å²) in [6.07, 6.45) is 1.46. The molecular formula is C21H38N6O7. The Labute approximate surface area is 199 Å². The van der Waals surface area contributed by atoms with Crippen molar-refractivity contribution in [2.75, 3.05) is 6.54 Å². The number of unbranched alkanes of at least 4 members (excludes halogenated alkanes) is 1. The van der Waals surface area contributed by atoms with E-state index in [4.69, 9.17) is 16.6 Å². The van der Waals surface area contributed by atoms with Crippen LogP contribution in [-0.4, -0.2) is 77.2 Å². The molecule has 4 amide bonds.